The van der Waals surface area contributed by atoms with Crippen molar-refractivity contribution < 1.29 is 27.8 Å². The zero-order chi connectivity index (χ0) is 19.3. The number of carbonyl (C=O) groups is 1. The Morgan fingerprint density at radius 3 is 2.52 bits per heavy atom. The van der Waals surface area contributed by atoms with E-state index in [0.717, 1.165) is 17.0 Å². The highest BCUT2D eigenvalue weighted by atomic mass is 19.2. The van der Waals surface area contributed by atoms with Crippen LogP contribution >= 0.6 is 0 Å². The number of hydrogen-bond acceptors (Lipinski definition) is 3. The van der Waals surface area contributed by atoms with Crippen LogP contribution in [0.2, 0.25) is 0 Å². The Bertz CT molecular complexity index is 1080. The molecule has 0 bridgehead atoms. The van der Waals surface area contributed by atoms with E-state index in [2.05, 4.69) is 0 Å². The fourth-order valence-electron chi connectivity index (χ4n) is 3.45. The lowest BCUT2D eigenvalue weighted by Crippen LogP contribution is -2.38. The van der Waals surface area contributed by atoms with Crippen LogP contribution in [0.15, 0.2) is 42.5 Å². The molecule has 1 heterocycles. The van der Waals surface area contributed by atoms with Crippen molar-refractivity contribution in [3.05, 3.63) is 76.6 Å². The second-order valence-electron chi connectivity index (χ2n) is 6.48. The topological polar surface area (TPSA) is 72.6 Å². The Balaban J connectivity index is 1.78. The number of rotatable bonds is 2. The summed E-state index contributed by atoms with van der Waals surface area (Å²) < 4.78 is 46.7. The van der Waals surface area contributed by atoms with E-state index in [0.29, 0.717) is 23.6 Å². The van der Waals surface area contributed by atoms with E-state index in [1.54, 1.807) is 24.3 Å². The molecule has 3 N–H and O–H groups in total. The number of fused-ring (bicyclic) bond motifs is 3. The van der Waals surface area contributed by atoms with Gasteiger partial charge < -0.3 is 15.6 Å². The first-order chi connectivity index (χ1) is 12.8. The average molecular weight is 373 g/mol. The summed E-state index contributed by atoms with van der Waals surface area (Å²) in [5.41, 5.74) is 6.92. The molecule has 3 aromatic carbocycles. The number of ether oxygens (including phenoxy) is 1. The molecular weight excluding hydrogens is 359 g/mol. The maximum Gasteiger partial charge on any atom is 0.335 e. The summed E-state index contributed by atoms with van der Waals surface area (Å²) in [6.45, 7) is 0. The van der Waals surface area contributed by atoms with Crippen LogP contribution in [-0.4, -0.2) is 17.1 Å². The quantitative estimate of drug-likeness (QED) is 0.667. The van der Waals surface area contributed by atoms with Gasteiger partial charge in [-0.3, -0.25) is 0 Å². The normalized spacial score (nSPS) is 18.8. The van der Waals surface area contributed by atoms with Gasteiger partial charge in [-0.2, -0.15) is 0 Å². The molecule has 4 nitrogen and oxygen atoms in total. The first-order valence-corrected chi connectivity index (χ1v) is 8.21. The first kappa shape index (κ1) is 17.4. The minimum Gasteiger partial charge on any atom is -0.484 e. The van der Waals surface area contributed by atoms with Crippen LogP contribution in [0.4, 0.5) is 13.2 Å². The minimum absolute atomic E-state index is 0.145. The van der Waals surface area contributed by atoms with E-state index in [1.807, 2.05) is 0 Å². The first-order valence-electron chi connectivity index (χ1n) is 8.21. The number of carboxylic acids is 1. The molecule has 0 unspecified atom stereocenters. The zero-order valence-electron chi connectivity index (χ0n) is 13.9. The summed E-state index contributed by atoms with van der Waals surface area (Å²) in [5, 5.41) is 10.6. The highest BCUT2D eigenvalue weighted by Gasteiger charge is 2.32. The molecule has 27 heavy (non-hydrogen) atoms. The average Bonchev–Trinajstić information content (AvgIpc) is 2.64. The predicted octanol–water partition coefficient (Wildman–Crippen LogP) is 3.96. The summed E-state index contributed by atoms with van der Waals surface area (Å²) in [5.74, 6) is -3.96. The molecule has 0 saturated carbocycles. The smallest absolute Gasteiger partial charge is 0.335 e. The highest BCUT2D eigenvalue weighted by Crippen LogP contribution is 2.39. The van der Waals surface area contributed by atoms with Crippen molar-refractivity contribution in [2.24, 2.45) is 5.73 Å². The molecular formula is C20H14F3NO3. The number of benzene rings is 3. The molecule has 0 aromatic heterocycles. The Morgan fingerprint density at radius 1 is 1.04 bits per heavy atom. The Morgan fingerprint density at radius 2 is 1.78 bits per heavy atom. The molecule has 2 atom stereocenters. The van der Waals surface area contributed by atoms with Crippen LogP contribution in [0.1, 0.15) is 27.6 Å². The molecule has 4 rings (SSSR count). The van der Waals surface area contributed by atoms with E-state index in [4.69, 9.17) is 15.6 Å². The van der Waals surface area contributed by atoms with Crippen molar-refractivity contribution >= 4 is 16.7 Å². The zero-order valence-corrected chi connectivity index (χ0v) is 13.9. The van der Waals surface area contributed by atoms with Gasteiger partial charge in [0.15, 0.2) is 11.6 Å². The maximum absolute atomic E-state index is 14.1. The summed E-state index contributed by atoms with van der Waals surface area (Å²) in [7, 11) is 0. The van der Waals surface area contributed by atoms with Crippen LogP contribution in [-0.2, 0) is 6.42 Å². The van der Waals surface area contributed by atoms with E-state index in [1.165, 1.54) is 6.07 Å². The molecule has 1 aliphatic heterocycles. The third-order valence-corrected chi connectivity index (χ3v) is 4.76. The lowest BCUT2D eigenvalue weighted by atomic mass is 9.89. The standard InChI is InChI=1S/C20H14F3NO3/c21-14-8-16(23)15(22)6-13(14)19-17(24)7-12-11-3-1-10(20(25)26)5-9(11)2-4-18(12)27-19/h1-6,8,17,19H,7,24H2,(H,25,26)/t17-,19+/m0/s1. The van der Waals surface area contributed by atoms with Gasteiger partial charge in [-0.25, -0.2) is 18.0 Å². The van der Waals surface area contributed by atoms with E-state index < -0.39 is 35.6 Å². The molecule has 138 valence electrons. The fourth-order valence-corrected chi connectivity index (χ4v) is 3.45. The second-order valence-corrected chi connectivity index (χ2v) is 6.48. The fraction of sp³-hybridized carbons (Fsp3) is 0.150. The van der Waals surface area contributed by atoms with Gasteiger partial charge in [0.1, 0.15) is 17.7 Å². The second kappa shape index (κ2) is 6.28. The van der Waals surface area contributed by atoms with Gasteiger partial charge in [-0.1, -0.05) is 12.1 Å². The molecule has 7 heteroatoms. The van der Waals surface area contributed by atoms with Crippen molar-refractivity contribution in [1.82, 2.24) is 0 Å². The van der Waals surface area contributed by atoms with Gasteiger partial charge >= 0.3 is 5.97 Å². The number of halogens is 3. The Labute approximate surface area is 152 Å². The maximum atomic E-state index is 14.1. The predicted molar refractivity (Wildman–Crippen MR) is 92.3 cm³/mol. The van der Waals surface area contributed by atoms with Crippen LogP contribution in [0.25, 0.3) is 10.8 Å². The SMILES string of the molecule is N[C@H]1Cc2c(ccc3cc(C(=O)O)ccc23)O[C@@H]1c1cc(F)c(F)cc1F. The van der Waals surface area contributed by atoms with Crippen LogP contribution in [0.5, 0.6) is 5.75 Å². The van der Waals surface area contributed by atoms with Crippen molar-refractivity contribution in [2.45, 2.75) is 18.6 Å². The van der Waals surface area contributed by atoms with Crippen molar-refractivity contribution in [2.75, 3.05) is 0 Å². The summed E-state index contributed by atoms with van der Waals surface area (Å²) in [6, 6.07) is 8.58. The molecule has 3 aromatic rings. The summed E-state index contributed by atoms with van der Waals surface area (Å²) in [4.78, 5) is 11.1. The van der Waals surface area contributed by atoms with Gasteiger partial charge in [-0.15, -0.1) is 0 Å². The van der Waals surface area contributed by atoms with Crippen molar-refractivity contribution in [3.8, 4) is 5.75 Å². The number of carboxylic acid groups (broad SMARTS) is 1. The summed E-state index contributed by atoms with van der Waals surface area (Å²) >= 11 is 0. The van der Waals surface area contributed by atoms with Gasteiger partial charge in [0, 0.05) is 17.2 Å². The lowest BCUT2D eigenvalue weighted by Gasteiger charge is -2.32. The van der Waals surface area contributed by atoms with Crippen molar-refractivity contribution in [1.29, 1.82) is 0 Å². The van der Waals surface area contributed by atoms with E-state index in [-0.39, 0.29) is 11.1 Å². The van der Waals surface area contributed by atoms with E-state index in [9.17, 15) is 18.0 Å². The molecule has 0 radical (unpaired) electrons. The lowest BCUT2D eigenvalue weighted by molar-refractivity contribution is 0.0697. The minimum atomic E-state index is -1.28. The Hall–Kier alpha value is -3.06. The van der Waals surface area contributed by atoms with Crippen LogP contribution in [0.3, 0.4) is 0 Å². The molecule has 0 spiro atoms. The third-order valence-electron chi connectivity index (χ3n) is 4.76. The number of aromatic carboxylic acids is 1. The van der Waals surface area contributed by atoms with Crippen LogP contribution in [0, 0.1) is 17.5 Å². The highest BCUT2D eigenvalue weighted by molar-refractivity contribution is 5.96. The monoisotopic (exact) mass is 373 g/mol. The largest absolute Gasteiger partial charge is 0.484 e. The van der Waals surface area contributed by atoms with Gasteiger partial charge in [0.25, 0.3) is 0 Å². The molecule has 0 aliphatic carbocycles. The molecule has 0 fully saturated rings. The third kappa shape index (κ3) is 2.90. The van der Waals surface area contributed by atoms with Crippen LogP contribution < -0.4 is 10.5 Å². The van der Waals surface area contributed by atoms with E-state index >= 15 is 0 Å². The molecule has 0 saturated heterocycles. The molecule has 0 amide bonds. The number of nitrogens with two attached hydrogens (primary N) is 1. The number of hydrogen-bond donors (Lipinski definition) is 2. The molecule has 1 aliphatic rings. The van der Waals surface area contributed by atoms with Crippen molar-refractivity contribution in [3.63, 3.8) is 0 Å². The van der Waals surface area contributed by atoms with Gasteiger partial charge in [0.05, 0.1) is 11.6 Å². The Kier molecular flexibility index (Phi) is 4.04. The van der Waals surface area contributed by atoms with Gasteiger partial charge in [-0.05, 0) is 41.5 Å². The van der Waals surface area contributed by atoms with Gasteiger partial charge in [0.2, 0.25) is 0 Å². The summed E-state index contributed by atoms with van der Waals surface area (Å²) in [6.07, 6.45) is -0.661.